The summed E-state index contributed by atoms with van der Waals surface area (Å²) in [7, 11) is 3.71. The molecule has 5 nitrogen and oxygen atoms in total. The van der Waals surface area contributed by atoms with Crippen molar-refractivity contribution in [1.29, 1.82) is 0 Å². The standard InChI is InChI=1S/C20H25N3O2/c1-14-12-17(25-3)8-9-18(14)23(2)16-6-4-15(5-7-16)13-22-19(24)20(21)10-11-20/h4-9,12H,10-11,13,21H2,1-3H3,(H,22,24). The van der Waals surface area contributed by atoms with Crippen LogP contribution in [0.15, 0.2) is 42.5 Å². The van der Waals surface area contributed by atoms with Gasteiger partial charge in [-0.1, -0.05) is 12.1 Å². The minimum Gasteiger partial charge on any atom is -0.497 e. The lowest BCUT2D eigenvalue weighted by Crippen LogP contribution is -2.42. The van der Waals surface area contributed by atoms with E-state index in [0.717, 1.165) is 41.1 Å². The molecular formula is C20H25N3O2. The zero-order chi connectivity index (χ0) is 18.0. The first-order chi connectivity index (χ1) is 11.9. The quantitative estimate of drug-likeness (QED) is 0.849. The number of rotatable bonds is 6. The van der Waals surface area contributed by atoms with Gasteiger partial charge in [-0.25, -0.2) is 0 Å². The molecule has 0 radical (unpaired) electrons. The molecule has 25 heavy (non-hydrogen) atoms. The Hall–Kier alpha value is -2.53. The minimum atomic E-state index is -0.619. The van der Waals surface area contributed by atoms with Crippen LogP contribution in [0.1, 0.15) is 24.0 Å². The number of ether oxygens (including phenoxy) is 1. The van der Waals surface area contributed by atoms with E-state index in [2.05, 4.69) is 35.3 Å². The molecule has 3 rings (SSSR count). The Morgan fingerprint density at radius 3 is 2.48 bits per heavy atom. The van der Waals surface area contributed by atoms with Crippen LogP contribution in [0.25, 0.3) is 0 Å². The van der Waals surface area contributed by atoms with Crippen molar-refractivity contribution in [2.45, 2.75) is 31.8 Å². The molecule has 0 heterocycles. The normalized spacial score (nSPS) is 14.7. The molecule has 0 saturated heterocycles. The van der Waals surface area contributed by atoms with Gasteiger partial charge in [-0.15, -0.1) is 0 Å². The Kier molecular flexibility index (Phi) is 4.68. The van der Waals surface area contributed by atoms with Crippen molar-refractivity contribution in [1.82, 2.24) is 5.32 Å². The average Bonchev–Trinajstić information content (AvgIpc) is 3.38. The van der Waals surface area contributed by atoms with E-state index in [9.17, 15) is 4.79 Å². The number of methoxy groups -OCH3 is 1. The number of hydrogen-bond acceptors (Lipinski definition) is 4. The summed E-state index contributed by atoms with van der Waals surface area (Å²) in [5.41, 5.74) is 9.69. The van der Waals surface area contributed by atoms with Gasteiger partial charge in [-0.05, 0) is 61.2 Å². The molecule has 2 aromatic rings. The highest BCUT2D eigenvalue weighted by atomic mass is 16.5. The first-order valence-electron chi connectivity index (χ1n) is 8.47. The Morgan fingerprint density at radius 1 is 1.24 bits per heavy atom. The molecule has 0 bridgehead atoms. The minimum absolute atomic E-state index is 0.0532. The number of hydrogen-bond donors (Lipinski definition) is 2. The van der Waals surface area contributed by atoms with Crippen molar-refractivity contribution in [2.24, 2.45) is 5.73 Å². The highest BCUT2D eigenvalue weighted by Crippen LogP contribution is 2.32. The molecule has 0 aromatic heterocycles. The number of nitrogens with zero attached hydrogens (tertiary/aromatic N) is 1. The Bertz CT molecular complexity index is 767. The first-order valence-corrected chi connectivity index (χ1v) is 8.47. The molecule has 132 valence electrons. The highest BCUT2D eigenvalue weighted by molar-refractivity contribution is 5.88. The van der Waals surface area contributed by atoms with Crippen LogP contribution in [-0.4, -0.2) is 25.6 Å². The van der Waals surface area contributed by atoms with Crippen molar-refractivity contribution in [3.05, 3.63) is 53.6 Å². The second-order valence-corrected chi connectivity index (χ2v) is 6.72. The molecule has 1 fully saturated rings. The van der Waals surface area contributed by atoms with Gasteiger partial charge in [-0.3, -0.25) is 4.79 Å². The molecule has 1 saturated carbocycles. The van der Waals surface area contributed by atoms with Crippen molar-refractivity contribution in [3.8, 4) is 5.75 Å². The van der Waals surface area contributed by atoms with Crippen molar-refractivity contribution >= 4 is 17.3 Å². The third kappa shape index (κ3) is 3.77. The third-order valence-electron chi connectivity index (χ3n) is 4.78. The van der Waals surface area contributed by atoms with Gasteiger partial charge < -0.3 is 20.7 Å². The number of nitrogens with two attached hydrogens (primary N) is 1. The number of anilines is 2. The van der Waals surface area contributed by atoms with Gasteiger partial charge in [0.1, 0.15) is 5.75 Å². The number of benzene rings is 2. The Labute approximate surface area is 148 Å². The van der Waals surface area contributed by atoms with E-state index in [1.807, 2.05) is 31.3 Å². The maximum atomic E-state index is 11.9. The lowest BCUT2D eigenvalue weighted by atomic mass is 10.1. The van der Waals surface area contributed by atoms with Gasteiger partial charge >= 0.3 is 0 Å². The van der Waals surface area contributed by atoms with Crippen LogP contribution >= 0.6 is 0 Å². The molecular weight excluding hydrogens is 314 g/mol. The van der Waals surface area contributed by atoms with Gasteiger partial charge in [-0.2, -0.15) is 0 Å². The monoisotopic (exact) mass is 339 g/mol. The second kappa shape index (κ2) is 6.76. The van der Waals surface area contributed by atoms with Crippen LogP contribution in [-0.2, 0) is 11.3 Å². The summed E-state index contributed by atoms with van der Waals surface area (Å²) in [6, 6.07) is 14.2. The van der Waals surface area contributed by atoms with Gasteiger partial charge in [0.2, 0.25) is 5.91 Å². The summed E-state index contributed by atoms with van der Waals surface area (Å²) in [6.07, 6.45) is 1.56. The zero-order valence-electron chi connectivity index (χ0n) is 15.0. The van der Waals surface area contributed by atoms with Crippen LogP contribution in [0.2, 0.25) is 0 Å². The van der Waals surface area contributed by atoms with Crippen molar-refractivity contribution in [2.75, 3.05) is 19.1 Å². The van der Waals surface area contributed by atoms with Crippen molar-refractivity contribution < 1.29 is 9.53 Å². The van der Waals surface area contributed by atoms with Crippen molar-refractivity contribution in [3.63, 3.8) is 0 Å². The van der Waals surface area contributed by atoms with E-state index in [1.54, 1.807) is 7.11 Å². The highest BCUT2D eigenvalue weighted by Gasteiger charge is 2.45. The fourth-order valence-electron chi connectivity index (χ4n) is 2.83. The molecule has 1 aliphatic rings. The van der Waals surface area contributed by atoms with Gasteiger partial charge in [0.15, 0.2) is 0 Å². The number of carbonyl (C=O) groups is 1. The van der Waals surface area contributed by atoms with Gasteiger partial charge in [0.05, 0.1) is 12.6 Å². The van der Waals surface area contributed by atoms with Crippen LogP contribution in [0.3, 0.4) is 0 Å². The number of aryl methyl sites for hydroxylation is 1. The van der Waals surface area contributed by atoms with Crippen LogP contribution in [0.4, 0.5) is 11.4 Å². The molecule has 3 N–H and O–H groups in total. The topological polar surface area (TPSA) is 67.6 Å². The Morgan fingerprint density at radius 2 is 1.92 bits per heavy atom. The number of amides is 1. The molecule has 0 unspecified atom stereocenters. The summed E-state index contributed by atoms with van der Waals surface area (Å²) in [4.78, 5) is 14.0. The fraction of sp³-hybridized carbons (Fsp3) is 0.350. The summed E-state index contributed by atoms with van der Waals surface area (Å²) < 4.78 is 5.26. The molecule has 0 aliphatic heterocycles. The molecule has 0 spiro atoms. The molecule has 5 heteroatoms. The fourth-order valence-corrected chi connectivity index (χ4v) is 2.83. The van der Waals surface area contributed by atoms with Crippen LogP contribution in [0, 0.1) is 6.92 Å². The predicted octanol–water partition coefficient (Wildman–Crippen LogP) is 2.88. The van der Waals surface area contributed by atoms with Crippen LogP contribution < -0.4 is 20.7 Å². The third-order valence-corrected chi connectivity index (χ3v) is 4.78. The smallest absolute Gasteiger partial charge is 0.240 e. The first kappa shape index (κ1) is 17.3. The van der Waals surface area contributed by atoms with E-state index in [1.165, 1.54) is 0 Å². The van der Waals surface area contributed by atoms with Crippen LogP contribution in [0.5, 0.6) is 5.75 Å². The van der Waals surface area contributed by atoms with E-state index in [4.69, 9.17) is 10.5 Å². The molecule has 1 aliphatic carbocycles. The maximum Gasteiger partial charge on any atom is 0.240 e. The SMILES string of the molecule is COc1ccc(N(C)c2ccc(CNC(=O)C3(N)CC3)cc2)c(C)c1. The number of carbonyl (C=O) groups excluding carboxylic acids is 1. The van der Waals surface area contributed by atoms with E-state index >= 15 is 0 Å². The van der Waals surface area contributed by atoms with E-state index < -0.39 is 5.54 Å². The van der Waals surface area contributed by atoms with Gasteiger partial charge in [0.25, 0.3) is 0 Å². The van der Waals surface area contributed by atoms with E-state index in [0.29, 0.717) is 6.54 Å². The Balaban J connectivity index is 1.66. The van der Waals surface area contributed by atoms with Gasteiger partial charge in [0, 0.05) is 25.0 Å². The number of nitrogens with one attached hydrogen (secondary N) is 1. The lowest BCUT2D eigenvalue weighted by Gasteiger charge is -2.22. The predicted molar refractivity (Wildman–Crippen MR) is 100 cm³/mol. The molecule has 0 atom stereocenters. The largest absolute Gasteiger partial charge is 0.497 e. The summed E-state index contributed by atoms with van der Waals surface area (Å²) >= 11 is 0. The summed E-state index contributed by atoms with van der Waals surface area (Å²) in [6.45, 7) is 2.57. The summed E-state index contributed by atoms with van der Waals surface area (Å²) in [5.74, 6) is 0.802. The van der Waals surface area contributed by atoms with E-state index in [-0.39, 0.29) is 5.91 Å². The maximum absolute atomic E-state index is 11.9. The average molecular weight is 339 g/mol. The molecule has 2 aromatic carbocycles. The second-order valence-electron chi connectivity index (χ2n) is 6.72. The zero-order valence-corrected chi connectivity index (χ0v) is 15.0. The summed E-state index contributed by atoms with van der Waals surface area (Å²) in [5, 5.41) is 2.91. The molecule has 1 amide bonds. The lowest BCUT2D eigenvalue weighted by molar-refractivity contribution is -0.123.